The highest BCUT2D eigenvalue weighted by atomic mass is 32.1. The molecule has 0 radical (unpaired) electrons. The quantitative estimate of drug-likeness (QED) is 0.0481. The third kappa shape index (κ3) is 7.81. The molecule has 1 aliphatic heterocycles. The maximum absolute atomic E-state index is 11.3. The summed E-state index contributed by atoms with van der Waals surface area (Å²) < 4.78 is 4.68. The van der Waals surface area contributed by atoms with E-state index in [2.05, 4.69) is 78.4 Å². The van der Waals surface area contributed by atoms with E-state index in [1.54, 1.807) is 11.3 Å². The summed E-state index contributed by atoms with van der Waals surface area (Å²) in [4.78, 5) is 18.2. The maximum Gasteiger partial charge on any atom is 0.305 e. The number of benzene rings is 2. The number of carbonyl (C=O) groups excluding carboxylic acids is 1. The van der Waals surface area contributed by atoms with Crippen LogP contribution < -0.4 is 26.6 Å². The standard InChI is InChI=1S/C29H34N8O2S2/c1-19-17-22(32-35-26-11-12-27(41-26)37-14-4-5-15-37)7-9-24(19)33-31-21-6-10-25(20(2)16-21)34-36-29-30-23(18-40-29)8-13-28(38)39-3/h6-7,9-12,16-18,31-33,35H,4-5,8,13-15H2,1-3H3/p+1. The summed E-state index contributed by atoms with van der Waals surface area (Å²) >= 11 is 3.18. The lowest BCUT2D eigenvalue weighted by molar-refractivity contribution is -0.538. The lowest BCUT2D eigenvalue weighted by Crippen LogP contribution is -2.83. The summed E-state index contributed by atoms with van der Waals surface area (Å²) in [7, 11) is 1.38. The number of hydrazine groups is 1. The second kappa shape index (κ2) is 13.6. The van der Waals surface area contributed by atoms with E-state index in [9.17, 15) is 4.79 Å². The fraction of sp³-hybridized carbons (Fsp3) is 0.310. The highest BCUT2D eigenvalue weighted by Crippen LogP contribution is 2.32. The summed E-state index contributed by atoms with van der Waals surface area (Å²) in [5.41, 5.74) is 18.9. The summed E-state index contributed by atoms with van der Waals surface area (Å²) in [6.45, 7) is 6.42. The minimum absolute atomic E-state index is 0.250. The minimum atomic E-state index is -0.250. The summed E-state index contributed by atoms with van der Waals surface area (Å²) in [5, 5.41) is 13.5. The number of thiazole rings is 1. The zero-order valence-electron chi connectivity index (χ0n) is 23.4. The van der Waals surface area contributed by atoms with Gasteiger partial charge >= 0.3 is 5.97 Å². The molecular formula is C29H35N8O2S2+. The Hall–Kier alpha value is -4.00. The first-order valence-electron chi connectivity index (χ1n) is 13.6. The van der Waals surface area contributed by atoms with Crippen molar-refractivity contribution in [2.45, 2.75) is 39.5 Å². The Bertz CT molecular complexity index is 1510. The van der Waals surface area contributed by atoms with Gasteiger partial charge in [-0.2, -0.15) is 0 Å². The number of thiophene rings is 1. The molecule has 4 aromatic rings. The van der Waals surface area contributed by atoms with E-state index >= 15 is 0 Å². The van der Waals surface area contributed by atoms with Crippen LogP contribution in [-0.4, -0.2) is 31.2 Å². The first kappa shape index (κ1) is 28.5. The van der Waals surface area contributed by atoms with Crippen LogP contribution in [0.3, 0.4) is 0 Å². The average molecular weight is 592 g/mol. The summed E-state index contributed by atoms with van der Waals surface area (Å²) in [6.07, 6.45) is 3.39. The zero-order valence-corrected chi connectivity index (χ0v) is 25.1. The molecule has 3 heterocycles. The minimum Gasteiger partial charge on any atom is -0.469 e. The van der Waals surface area contributed by atoms with E-state index in [4.69, 9.17) is 0 Å². The van der Waals surface area contributed by atoms with Gasteiger partial charge in [-0.1, -0.05) is 11.3 Å². The van der Waals surface area contributed by atoms with Gasteiger partial charge in [0.2, 0.25) is 5.13 Å². The van der Waals surface area contributed by atoms with Crippen molar-refractivity contribution in [2.24, 2.45) is 10.2 Å². The van der Waals surface area contributed by atoms with E-state index in [-0.39, 0.29) is 5.97 Å². The molecule has 2 aromatic heterocycles. The molecule has 0 amide bonds. The lowest BCUT2D eigenvalue weighted by Gasteiger charge is -2.14. The fourth-order valence-corrected chi connectivity index (χ4v) is 6.04. The number of nitrogen functional groups attached to an aromatic ring is 1. The Morgan fingerprint density at radius 3 is 2.61 bits per heavy atom. The smallest absolute Gasteiger partial charge is 0.305 e. The van der Waals surface area contributed by atoms with Crippen LogP contribution in [0, 0.1) is 13.8 Å². The van der Waals surface area contributed by atoms with Gasteiger partial charge in [-0.25, -0.2) is 15.8 Å². The van der Waals surface area contributed by atoms with Crippen LogP contribution in [0.25, 0.3) is 0 Å². The van der Waals surface area contributed by atoms with Crippen LogP contribution >= 0.6 is 22.7 Å². The molecule has 0 aliphatic carbocycles. The number of azo groups is 1. The van der Waals surface area contributed by atoms with Crippen LogP contribution in [0.4, 0.5) is 37.9 Å². The third-order valence-corrected chi connectivity index (χ3v) is 8.63. The molecule has 214 valence electrons. The number of rotatable bonds is 12. The normalized spacial score (nSPS) is 13.1. The summed E-state index contributed by atoms with van der Waals surface area (Å²) in [5.74, 6) is -0.250. The highest BCUT2D eigenvalue weighted by Gasteiger charge is 2.14. The maximum atomic E-state index is 11.3. The van der Waals surface area contributed by atoms with E-state index in [0.29, 0.717) is 18.0 Å². The number of anilines is 4. The van der Waals surface area contributed by atoms with Crippen molar-refractivity contribution >= 4 is 66.5 Å². The van der Waals surface area contributed by atoms with E-state index in [1.807, 2.05) is 35.9 Å². The zero-order chi connectivity index (χ0) is 28.6. The number of nitrogens with zero attached hydrogens (tertiary/aromatic N) is 4. The van der Waals surface area contributed by atoms with Crippen LogP contribution in [0.2, 0.25) is 0 Å². The number of quaternary nitrogens is 1. The van der Waals surface area contributed by atoms with Gasteiger partial charge in [0, 0.05) is 36.5 Å². The SMILES string of the molecule is COC(=O)CCc1csc(N=Nc2ccc(N[NH2+]c3ccc(NNc4ccc(N5CCCC5)s4)cc3C)cc2C)n1. The van der Waals surface area contributed by atoms with Crippen LogP contribution in [0.15, 0.2) is 64.1 Å². The summed E-state index contributed by atoms with van der Waals surface area (Å²) in [6, 6.07) is 16.6. The van der Waals surface area contributed by atoms with Gasteiger partial charge in [0.25, 0.3) is 0 Å². The number of hydrogen-bond acceptors (Lipinski definition) is 11. The molecule has 0 saturated carbocycles. The fourth-order valence-electron chi connectivity index (χ4n) is 4.46. The molecule has 12 heteroatoms. The van der Waals surface area contributed by atoms with Crippen molar-refractivity contribution in [3.05, 3.63) is 70.7 Å². The molecule has 41 heavy (non-hydrogen) atoms. The molecule has 5 rings (SSSR count). The van der Waals surface area contributed by atoms with Gasteiger partial charge in [0.15, 0.2) is 5.69 Å². The van der Waals surface area contributed by atoms with E-state index in [0.717, 1.165) is 57.7 Å². The van der Waals surface area contributed by atoms with Crippen molar-refractivity contribution in [2.75, 3.05) is 41.4 Å². The van der Waals surface area contributed by atoms with Crippen molar-refractivity contribution < 1.29 is 15.0 Å². The number of aryl methyl sites for hydroxylation is 3. The molecular weight excluding hydrogens is 557 g/mol. The van der Waals surface area contributed by atoms with Crippen molar-refractivity contribution in [3.63, 3.8) is 0 Å². The number of nitrogens with one attached hydrogen (secondary N) is 3. The number of esters is 1. The first-order chi connectivity index (χ1) is 20.0. The molecule has 2 aromatic carbocycles. The van der Waals surface area contributed by atoms with Crippen LogP contribution in [0.1, 0.15) is 36.1 Å². The van der Waals surface area contributed by atoms with Crippen LogP contribution in [-0.2, 0) is 16.0 Å². The molecule has 0 bridgehead atoms. The Morgan fingerprint density at radius 1 is 1.02 bits per heavy atom. The molecule has 0 spiro atoms. The molecule has 10 nitrogen and oxygen atoms in total. The van der Waals surface area contributed by atoms with Crippen molar-refractivity contribution in [1.29, 1.82) is 0 Å². The van der Waals surface area contributed by atoms with Gasteiger partial charge in [-0.15, -0.1) is 21.6 Å². The largest absolute Gasteiger partial charge is 0.469 e. The topological polar surface area (TPSA) is 120 Å². The van der Waals surface area contributed by atoms with Gasteiger partial charge < -0.3 is 15.1 Å². The molecule has 0 atom stereocenters. The molecule has 1 fully saturated rings. The van der Waals surface area contributed by atoms with Crippen molar-refractivity contribution in [3.8, 4) is 0 Å². The molecule has 5 N–H and O–H groups in total. The lowest BCUT2D eigenvalue weighted by atomic mass is 10.2. The number of hydrogen-bond donors (Lipinski definition) is 4. The van der Waals surface area contributed by atoms with E-state index in [1.165, 1.54) is 36.3 Å². The number of ether oxygens (including phenoxy) is 1. The Morgan fingerprint density at radius 2 is 1.83 bits per heavy atom. The highest BCUT2D eigenvalue weighted by molar-refractivity contribution is 7.20. The number of nitrogens with two attached hydrogens (primary N) is 1. The molecule has 1 aliphatic rings. The monoisotopic (exact) mass is 591 g/mol. The van der Waals surface area contributed by atoms with Gasteiger partial charge in [0.05, 0.1) is 41.3 Å². The Kier molecular flexibility index (Phi) is 9.44. The number of carbonyl (C=O) groups is 1. The van der Waals surface area contributed by atoms with Gasteiger partial charge in [0.1, 0.15) is 5.00 Å². The number of methoxy groups -OCH3 is 1. The third-order valence-electron chi connectivity index (χ3n) is 6.80. The van der Waals surface area contributed by atoms with Crippen molar-refractivity contribution in [1.82, 2.24) is 4.98 Å². The molecule has 1 saturated heterocycles. The average Bonchev–Trinajstić information content (AvgIpc) is 3.76. The Balaban J connectivity index is 1.11. The Labute approximate surface area is 247 Å². The predicted octanol–water partition coefficient (Wildman–Crippen LogP) is 6.60. The second-order valence-electron chi connectivity index (χ2n) is 9.84. The van der Waals surface area contributed by atoms with E-state index < -0.39 is 0 Å². The second-order valence-corrected chi connectivity index (χ2v) is 11.7. The predicted molar refractivity (Wildman–Crippen MR) is 167 cm³/mol. The van der Waals surface area contributed by atoms with Crippen LogP contribution in [0.5, 0.6) is 0 Å². The van der Waals surface area contributed by atoms with Gasteiger partial charge in [-0.3, -0.25) is 10.2 Å². The van der Waals surface area contributed by atoms with Gasteiger partial charge in [-0.05, 0) is 74.7 Å². The number of aromatic nitrogens is 1. The molecule has 0 unspecified atom stereocenters. The first-order valence-corrected chi connectivity index (χ1v) is 15.3.